The minimum Gasteiger partial charge on any atom is -0.497 e. The molecule has 0 aliphatic carbocycles. The Hall–Kier alpha value is -3.29. The number of nitrogens with one attached hydrogen (secondary N) is 2. The number of aromatic nitrogens is 3. The normalized spacial score (nSPS) is 11.7. The molecule has 8 nitrogen and oxygen atoms in total. The molecule has 8 heteroatoms. The third kappa shape index (κ3) is 6.10. The van der Waals surface area contributed by atoms with Gasteiger partial charge in [0.25, 0.3) is 0 Å². The van der Waals surface area contributed by atoms with Crippen LogP contribution in [0.5, 0.6) is 5.75 Å². The molecule has 3 aromatic rings. The monoisotopic (exact) mass is 424 g/mol. The maximum atomic E-state index is 5.49. The first-order valence-electron chi connectivity index (χ1n) is 10.8. The molecule has 31 heavy (non-hydrogen) atoms. The zero-order valence-electron chi connectivity index (χ0n) is 18.8. The fourth-order valence-electron chi connectivity index (χ4n) is 3.31. The lowest BCUT2D eigenvalue weighted by atomic mass is 9.99. The Bertz CT molecular complexity index is 957. The summed E-state index contributed by atoms with van der Waals surface area (Å²) in [6.45, 7) is 8.14. The first kappa shape index (κ1) is 22.4. The second-order valence-electron chi connectivity index (χ2n) is 7.23. The summed E-state index contributed by atoms with van der Waals surface area (Å²) < 4.78 is 12.5. The smallest absolute Gasteiger partial charge is 0.192 e. The molecular weight excluding hydrogens is 392 g/mol. The van der Waals surface area contributed by atoms with Crippen LogP contribution in [0.15, 0.2) is 52.1 Å². The third-order valence-electron chi connectivity index (χ3n) is 5.14. The Balaban J connectivity index is 1.60. The molecule has 0 spiro atoms. The van der Waals surface area contributed by atoms with Gasteiger partial charge in [-0.05, 0) is 50.1 Å². The van der Waals surface area contributed by atoms with Crippen molar-refractivity contribution < 1.29 is 9.26 Å². The number of nitrogens with zero attached hydrogens (tertiary/aromatic N) is 4. The van der Waals surface area contributed by atoms with E-state index < -0.39 is 0 Å². The van der Waals surface area contributed by atoms with Crippen LogP contribution in [-0.4, -0.2) is 34.6 Å². The summed E-state index contributed by atoms with van der Waals surface area (Å²) in [5, 5.41) is 15.4. The SMILES string of the molecule is CCNC(=NCc1ccn(-c2ccc(OC)cc2)n1)NCc1cc(C(CC)CC)no1. The molecule has 0 aliphatic rings. The van der Waals surface area contributed by atoms with E-state index in [0.717, 1.165) is 48.0 Å². The van der Waals surface area contributed by atoms with Crippen LogP contribution in [0, 0.1) is 0 Å². The van der Waals surface area contributed by atoms with Gasteiger partial charge in [0.15, 0.2) is 11.7 Å². The highest BCUT2D eigenvalue weighted by Crippen LogP contribution is 2.22. The summed E-state index contributed by atoms with van der Waals surface area (Å²) in [5.74, 6) is 2.78. The second-order valence-corrected chi connectivity index (χ2v) is 7.23. The van der Waals surface area contributed by atoms with Crippen molar-refractivity contribution >= 4 is 5.96 Å². The fraction of sp³-hybridized carbons (Fsp3) is 0.435. The molecule has 2 N–H and O–H groups in total. The van der Waals surface area contributed by atoms with E-state index in [1.807, 2.05) is 54.2 Å². The van der Waals surface area contributed by atoms with Crippen LogP contribution < -0.4 is 15.4 Å². The number of rotatable bonds is 10. The van der Waals surface area contributed by atoms with Gasteiger partial charge in [0.05, 0.1) is 37.3 Å². The average molecular weight is 425 g/mol. The van der Waals surface area contributed by atoms with Gasteiger partial charge < -0.3 is 19.9 Å². The number of aliphatic imine (C=N–C) groups is 1. The molecule has 3 rings (SSSR count). The fourth-order valence-corrected chi connectivity index (χ4v) is 3.31. The van der Waals surface area contributed by atoms with Crippen LogP contribution in [0.2, 0.25) is 0 Å². The number of hydrogen-bond acceptors (Lipinski definition) is 5. The Kier molecular flexibility index (Phi) is 8.09. The first-order chi connectivity index (χ1) is 15.2. The van der Waals surface area contributed by atoms with E-state index in [1.54, 1.807) is 7.11 Å². The van der Waals surface area contributed by atoms with Gasteiger partial charge in [0.1, 0.15) is 5.75 Å². The maximum absolute atomic E-state index is 5.49. The van der Waals surface area contributed by atoms with Gasteiger partial charge in [0.2, 0.25) is 0 Å². The molecule has 0 amide bonds. The molecular formula is C23H32N6O2. The summed E-state index contributed by atoms with van der Waals surface area (Å²) in [6.07, 6.45) is 4.05. The Labute approximate surface area is 183 Å². The lowest BCUT2D eigenvalue weighted by Gasteiger charge is -2.09. The van der Waals surface area contributed by atoms with Crippen molar-refractivity contribution in [1.29, 1.82) is 0 Å². The minimum atomic E-state index is 0.445. The summed E-state index contributed by atoms with van der Waals surface area (Å²) in [7, 11) is 1.66. The number of ether oxygens (including phenoxy) is 1. The lowest BCUT2D eigenvalue weighted by molar-refractivity contribution is 0.368. The molecule has 0 unspecified atom stereocenters. The van der Waals surface area contributed by atoms with Crippen molar-refractivity contribution in [2.24, 2.45) is 4.99 Å². The number of methoxy groups -OCH3 is 1. The van der Waals surface area contributed by atoms with E-state index in [4.69, 9.17) is 9.26 Å². The standard InChI is InChI=1S/C23H32N6O2/c1-5-17(6-2)22-14-21(31-28-22)16-26-23(24-7-3)25-15-18-12-13-29(27-18)19-8-10-20(30-4)11-9-19/h8-14,17H,5-7,15-16H2,1-4H3,(H2,24,25,26). The van der Waals surface area contributed by atoms with E-state index in [-0.39, 0.29) is 0 Å². The Morgan fingerprint density at radius 1 is 1.13 bits per heavy atom. The van der Waals surface area contributed by atoms with Gasteiger partial charge in [-0.1, -0.05) is 19.0 Å². The molecule has 0 atom stereocenters. The summed E-state index contributed by atoms with van der Waals surface area (Å²) in [6, 6.07) is 11.8. The largest absolute Gasteiger partial charge is 0.497 e. The van der Waals surface area contributed by atoms with Gasteiger partial charge in [-0.2, -0.15) is 5.10 Å². The topological polar surface area (TPSA) is 89.5 Å². The predicted molar refractivity (Wildman–Crippen MR) is 122 cm³/mol. The predicted octanol–water partition coefficient (Wildman–Crippen LogP) is 4.03. The number of hydrogen-bond donors (Lipinski definition) is 2. The van der Waals surface area contributed by atoms with Crippen molar-refractivity contribution in [3.8, 4) is 11.4 Å². The second kappa shape index (κ2) is 11.2. The molecule has 0 radical (unpaired) electrons. The zero-order valence-corrected chi connectivity index (χ0v) is 18.8. The minimum absolute atomic E-state index is 0.445. The molecule has 0 saturated carbocycles. The van der Waals surface area contributed by atoms with Crippen LogP contribution in [0.4, 0.5) is 0 Å². The molecule has 0 bridgehead atoms. The number of benzene rings is 1. The molecule has 1 aromatic carbocycles. The molecule has 2 heterocycles. The van der Waals surface area contributed by atoms with E-state index in [0.29, 0.717) is 25.0 Å². The van der Waals surface area contributed by atoms with E-state index in [9.17, 15) is 0 Å². The van der Waals surface area contributed by atoms with Gasteiger partial charge in [-0.25, -0.2) is 9.67 Å². The Morgan fingerprint density at radius 3 is 2.58 bits per heavy atom. The highest BCUT2D eigenvalue weighted by Gasteiger charge is 2.13. The van der Waals surface area contributed by atoms with E-state index in [2.05, 4.69) is 39.7 Å². The van der Waals surface area contributed by atoms with E-state index >= 15 is 0 Å². The van der Waals surface area contributed by atoms with Gasteiger partial charge in [-0.15, -0.1) is 0 Å². The Morgan fingerprint density at radius 2 is 1.90 bits per heavy atom. The van der Waals surface area contributed by atoms with Gasteiger partial charge >= 0.3 is 0 Å². The maximum Gasteiger partial charge on any atom is 0.192 e. The first-order valence-corrected chi connectivity index (χ1v) is 10.8. The van der Waals surface area contributed by atoms with Gasteiger partial charge in [-0.3, -0.25) is 0 Å². The van der Waals surface area contributed by atoms with Crippen molar-refractivity contribution in [3.63, 3.8) is 0 Å². The zero-order chi connectivity index (χ0) is 22.1. The number of guanidine groups is 1. The summed E-state index contributed by atoms with van der Waals surface area (Å²) >= 11 is 0. The van der Waals surface area contributed by atoms with Crippen LogP contribution in [0.25, 0.3) is 5.69 Å². The van der Waals surface area contributed by atoms with Crippen molar-refractivity contribution in [2.45, 2.75) is 52.6 Å². The summed E-state index contributed by atoms with van der Waals surface area (Å²) in [4.78, 5) is 4.64. The van der Waals surface area contributed by atoms with Crippen LogP contribution in [-0.2, 0) is 13.1 Å². The van der Waals surface area contributed by atoms with Crippen molar-refractivity contribution in [3.05, 3.63) is 59.7 Å². The molecule has 2 aromatic heterocycles. The lowest BCUT2D eigenvalue weighted by Crippen LogP contribution is -2.36. The molecule has 0 aliphatic heterocycles. The molecule has 0 fully saturated rings. The third-order valence-corrected chi connectivity index (χ3v) is 5.14. The van der Waals surface area contributed by atoms with Crippen LogP contribution in [0.1, 0.15) is 56.7 Å². The van der Waals surface area contributed by atoms with Crippen molar-refractivity contribution in [2.75, 3.05) is 13.7 Å². The van der Waals surface area contributed by atoms with E-state index in [1.165, 1.54) is 0 Å². The highest BCUT2D eigenvalue weighted by atomic mass is 16.5. The summed E-state index contributed by atoms with van der Waals surface area (Å²) in [5.41, 5.74) is 2.87. The quantitative estimate of drug-likeness (QED) is 0.377. The average Bonchev–Trinajstić information content (AvgIpc) is 3.47. The van der Waals surface area contributed by atoms with Gasteiger partial charge in [0, 0.05) is 24.7 Å². The highest BCUT2D eigenvalue weighted by molar-refractivity contribution is 5.79. The van der Waals surface area contributed by atoms with Crippen molar-refractivity contribution in [1.82, 2.24) is 25.6 Å². The molecule has 166 valence electrons. The van der Waals surface area contributed by atoms with Crippen LogP contribution >= 0.6 is 0 Å². The molecule has 0 saturated heterocycles. The van der Waals surface area contributed by atoms with Crippen LogP contribution in [0.3, 0.4) is 0 Å².